The summed E-state index contributed by atoms with van der Waals surface area (Å²) in [5, 5.41) is 23.6. The van der Waals surface area contributed by atoms with Gasteiger partial charge < -0.3 is 10.2 Å². The van der Waals surface area contributed by atoms with Crippen molar-refractivity contribution < 1.29 is 19.8 Å². The largest absolute Gasteiger partial charge is 0.478 e. The molecule has 0 radical (unpaired) electrons. The highest BCUT2D eigenvalue weighted by atomic mass is 16.4. The molecule has 0 amide bonds. The Bertz CT molecular complexity index is 2840. The van der Waals surface area contributed by atoms with Crippen molar-refractivity contribution in [3.05, 3.63) is 155 Å². The van der Waals surface area contributed by atoms with Gasteiger partial charge in [0, 0.05) is 33.2 Å². The summed E-state index contributed by atoms with van der Waals surface area (Å²) in [4.78, 5) is 43.4. The number of carboxylic acid groups (broad SMARTS) is 2. The molecule has 256 valence electrons. The Morgan fingerprint density at radius 1 is 0.585 bits per heavy atom. The smallest absolute Gasteiger partial charge is 0.335 e. The van der Waals surface area contributed by atoms with Gasteiger partial charge in [-0.25, -0.2) is 24.5 Å². The first-order valence-electron chi connectivity index (χ1n) is 17.6. The van der Waals surface area contributed by atoms with Crippen LogP contribution in [0, 0.1) is 11.8 Å². The zero-order valence-electron chi connectivity index (χ0n) is 28.6. The van der Waals surface area contributed by atoms with Gasteiger partial charge in [0.05, 0.1) is 56.2 Å². The third-order valence-corrected chi connectivity index (χ3v) is 10.3. The first-order valence-corrected chi connectivity index (χ1v) is 17.6. The number of hydrogen-bond acceptors (Lipinski definition) is 6. The highest BCUT2D eigenvalue weighted by Gasteiger charge is 2.27. The summed E-state index contributed by atoms with van der Waals surface area (Å²) in [6.45, 7) is 2.22. The molecule has 0 bridgehead atoms. The van der Waals surface area contributed by atoms with E-state index in [0.717, 1.165) is 83.5 Å². The number of aromatic carboxylic acids is 2. The van der Waals surface area contributed by atoms with Gasteiger partial charge in [0.2, 0.25) is 0 Å². The Labute approximate surface area is 303 Å². The second-order valence-corrected chi connectivity index (χ2v) is 13.7. The van der Waals surface area contributed by atoms with Crippen LogP contribution in [0.5, 0.6) is 0 Å². The van der Waals surface area contributed by atoms with Crippen molar-refractivity contribution in [1.82, 2.24) is 15.0 Å². The highest BCUT2D eigenvalue weighted by molar-refractivity contribution is 6.04. The predicted molar refractivity (Wildman–Crippen MR) is 207 cm³/mol. The molecule has 3 atom stereocenters. The van der Waals surface area contributed by atoms with Crippen molar-refractivity contribution in [3.63, 3.8) is 0 Å². The fraction of sp³-hybridized carbons (Fsp3) is 0.111. The quantitative estimate of drug-likeness (QED) is 0.169. The number of hydrogen-bond donors (Lipinski definition) is 2. The zero-order chi connectivity index (χ0) is 36.2. The fourth-order valence-electron chi connectivity index (χ4n) is 7.53. The molecule has 0 saturated carbocycles. The van der Waals surface area contributed by atoms with Gasteiger partial charge in [0.15, 0.2) is 0 Å². The van der Waals surface area contributed by atoms with Gasteiger partial charge in [-0.05, 0) is 65.6 Å². The molecule has 4 heterocycles. The standard InChI is InChI=1S/C45H32N4O4/c1-25-23-35-16-11-30-18-21-37(27-7-14-32(15-8-27)45(52)53)47-42(30)43(35)49-39(25)34-4-2-3-33(24-34)38-22-19-29-10-9-28-17-20-36(46-40(28)41(29)48-38)26-5-12-31(13-6-26)44(50)51/h2-3,5-25,34,39H,4H2,1H3,(H,50,51)(H,52,53)/t25?,34?,39-/m1/s1. The normalized spacial score (nSPS) is 17.9. The van der Waals surface area contributed by atoms with Gasteiger partial charge >= 0.3 is 11.9 Å². The van der Waals surface area contributed by atoms with Crippen molar-refractivity contribution in [2.75, 3.05) is 0 Å². The maximum Gasteiger partial charge on any atom is 0.335 e. The molecule has 2 N–H and O–H groups in total. The average molecular weight is 693 g/mol. The summed E-state index contributed by atoms with van der Waals surface area (Å²) in [7, 11) is 0. The van der Waals surface area contributed by atoms with Gasteiger partial charge in [-0.3, -0.25) is 4.99 Å². The second-order valence-electron chi connectivity index (χ2n) is 13.7. The fourth-order valence-corrected chi connectivity index (χ4v) is 7.53. The van der Waals surface area contributed by atoms with E-state index in [9.17, 15) is 19.8 Å². The number of carboxylic acids is 2. The molecule has 8 heteroatoms. The number of allylic oxidation sites excluding steroid dienone is 3. The topological polar surface area (TPSA) is 126 Å². The molecule has 9 rings (SSSR count). The van der Waals surface area contributed by atoms with Crippen LogP contribution in [0.4, 0.5) is 0 Å². The Hall–Kier alpha value is -6.80. The minimum absolute atomic E-state index is 0.00798. The van der Waals surface area contributed by atoms with E-state index < -0.39 is 11.9 Å². The van der Waals surface area contributed by atoms with E-state index >= 15 is 0 Å². The maximum absolute atomic E-state index is 11.4. The zero-order valence-corrected chi connectivity index (χ0v) is 28.6. The van der Waals surface area contributed by atoms with Crippen molar-refractivity contribution in [2.45, 2.75) is 19.4 Å². The maximum atomic E-state index is 11.4. The van der Waals surface area contributed by atoms with E-state index in [1.807, 2.05) is 18.2 Å². The lowest BCUT2D eigenvalue weighted by molar-refractivity contribution is 0.0686. The van der Waals surface area contributed by atoms with E-state index in [1.54, 1.807) is 48.5 Å². The molecule has 0 saturated heterocycles. The van der Waals surface area contributed by atoms with Crippen LogP contribution in [0.25, 0.3) is 66.9 Å². The van der Waals surface area contributed by atoms with Crippen LogP contribution in [0.3, 0.4) is 0 Å². The summed E-state index contributed by atoms with van der Waals surface area (Å²) >= 11 is 0. The number of benzene rings is 4. The van der Waals surface area contributed by atoms with Crippen molar-refractivity contribution in [2.24, 2.45) is 16.8 Å². The lowest BCUT2D eigenvalue weighted by Gasteiger charge is -2.29. The predicted octanol–water partition coefficient (Wildman–Crippen LogP) is 8.14. The Morgan fingerprint density at radius 2 is 1.08 bits per heavy atom. The van der Waals surface area contributed by atoms with Crippen molar-refractivity contribution in [3.8, 4) is 22.5 Å². The van der Waals surface area contributed by atoms with E-state index in [1.165, 1.54) is 0 Å². The third kappa shape index (κ3) is 5.84. The number of rotatable bonds is 6. The molecule has 8 nitrogen and oxygen atoms in total. The van der Waals surface area contributed by atoms with E-state index in [0.29, 0.717) is 0 Å². The Balaban J connectivity index is 1.08. The van der Waals surface area contributed by atoms with E-state index in [4.69, 9.17) is 19.9 Å². The van der Waals surface area contributed by atoms with Crippen LogP contribution >= 0.6 is 0 Å². The summed E-state index contributed by atoms with van der Waals surface area (Å²) < 4.78 is 0. The molecule has 1 aliphatic carbocycles. The second kappa shape index (κ2) is 12.8. The van der Waals surface area contributed by atoms with Gasteiger partial charge in [-0.1, -0.05) is 98.0 Å². The summed E-state index contributed by atoms with van der Waals surface area (Å²) in [5.74, 6) is -1.58. The number of pyridine rings is 3. The van der Waals surface area contributed by atoms with Gasteiger partial charge in [-0.15, -0.1) is 0 Å². The van der Waals surface area contributed by atoms with Crippen molar-refractivity contribution in [1.29, 1.82) is 0 Å². The van der Waals surface area contributed by atoms with Gasteiger partial charge in [0.1, 0.15) is 0 Å². The van der Waals surface area contributed by atoms with Crippen LogP contribution in [-0.4, -0.2) is 43.1 Å². The Morgan fingerprint density at radius 3 is 1.66 bits per heavy atom. The third-order valence-electron chi connectivity index (χ3n) is 10.3. The summed E-state index contributed by atoms with van der Waals surface area (Å²) in [6, 6.07) is 34.0. The molecule has 7 aromatic rings. The van der Waals surface area contributed by atoms with Gasteiger partial charge in [0.25, 0.3) is 0 Å². The molecule has 4 aromatic carbocycles. The van der Waals surface area contributed by atoms with Crippen LogP contribution in [0.15, 0.2) is 132 Å². The van der Waals surface area contributed by atoms with Crippen molar-refractivity contribution >= 4 is 56.3 Å². The summed E-state index contributed by atoms with van der Waals surface area (Å²) in [5.41, 5.74) is 8.01. The molecule has 0 fully saturated rings. The Kier molecular flexibility index (Phi) is 7.73. The number of nitrogens with zero attached hydrogens (tertiary/aromatic N) is 4. The van der Waals surface area contributed by atoms with Crippen LogP contribution in [0.1, 0.15) is 39.8 Å². The lowest BCUT2D eigenvalue weighted by Crippen LogP contribution is -2.39. The SMILES string of the molecule is CC1C=c2ccc3ccc(-c4ccc(C(=O)O)cc4)nc3c2=N[C@H]1C1C=C(c2ccc3ccc4ccc(-c5ccc(C(=O)O)cc5)nc4c3n2)C=CC1. The first-order chi connectivity index (χ1) is 25.8. The molecule has 3 aromatic heterocycles. The van der Waals surface area contributed by atoms with Crippen LogP contribution in [0.2, 0.25) is 0 Å². The lowest BCUT2D eigenvalue weighted by atomic mass is 9.81. The molecular formula is C45H32N4O4. The van der Waals surface area contributed by atoms with Crippen LogP contribution < -0.4 is 10.6 Å². The highest BCUT2D eigenvalue weighted by Crippen LogP contribution is 2.33. The molecule has 53 heavy (non-hydrogen) atoms. The minimum atomic E-state index is -0.961. The number of carbonyl (C=O) groups is 2. The molecular weight excluding hydrogens is 661 g/mol. The molecule has 2 unspecified atom stereocenters. The molecule has 2 aliphatic rings. The first kappa shape index (κ1) is 32.1. The number of aromatic nitrogens is 3. The minimum Gasteiger partial charge on any atom is -0.478 e. The average Bonchev–Trinajstić information content (AvgIpc) is 3.20. The van der Waals surface area contributed by atoms with Gasteiger partial charge in [-0.2, -0.15) is 0 Å². The monoisotopic (exact) mass is 692 g/mol. The summed E-state index contributed by atoms with van der Waals surface area (Å²) in [6.07, 6.45) is 9.81. The molecule has 0 spiro atoms. The molecule has 1 aliphatic heterocycles. The van der Waals surface area contributed by atoms with E-state index in [2.05, 4.69) is 73.7 Å². The van der Waals surface area contributed by atoms with E-state index in [-0.39, 0.29) is 29.0 Å². The number of fused-ring (bicyclic) bond motifs is 6. The van der Waals surface area contributed by atoms with Crippen LogP contribution in [-0.2, 0) is 0 Å².